The summed E-state index contributed by atoms with van der Waals surface area (Å²) in [4.78, 5) is 39.6. The van der Waals surface area contributed by atoms with Crippen LogP contribution in [0.5, 0.6) is 0 Å². The van der Waals surface area contributed by atoms with Crippen LogP contribution >= 0.6 is 11.6 Å². The van der Waals surface area contributed by atoms with Crippen molar-refractivity contribution in [3.8, 4) is 0 Å². The van der Waals surface area contributed by atoms with Gasteiger partial charge in [-0.15, -0.1) is 0 Å². The predicted molar refractivity (Wildman–Crippen MR) is 135 cm³/mol. The zero-order valence-electron chi connectivity index (χ0n) is 19.2. The molecule has 0 unspecified atom stereocenters. The van der Waals surface area contributed by atoms with Crippen LogP contribution in [0.2, 0.25) is 5.15 Å². The molecule has 1 saturated heterocycles. The second kappa shape index (κ2) is 9.18. The molecule has 10 nitrogen and oxygen atoms in total. The molecule has 2 aromatic rings. The lowest BCUT2D eigenvalue weighted by molar-refractivity contribution is -0.132. The minimum absolute atomic E-state index is 0.0397. The molecule has 11 heteroatoms. The van der Waals surface area contributed by atoms with Gasteiger partial charge in [0.2, 0.25) is 5.91 Å². The normalized spacial score (nSPS) is 18.0. The van der Waals surface area contributed by atoms with E-state index in [0.717, 1.165) is 25.7 Å². The van der Waals surface area contributed by atoms with Crippen LogP contribution in [0.25, 0.3) is 5.57 Å². The van der Waals surface area contributed by atoms with Gasteiger partial charge in [0, 0.05) is 19.5 Å². The maximum absolute atomic E-state index is 12.9. The van der Waals surface area contributed by atoms with Gasteiger partial charge in [-0.05, 0) is 42.4 Å². The fourth-order valence-electron chi connectivity index (χ4n) is 4.87. The second-order valence-corrected chi connectivity index (χ2v) is 9.49. The molecule has 3 heterocycles. The number of halogens is 1. The Balaban J connectivity index is 1.11. The third kappa shape index (κ3) is 4.66. The van der Waals surface area contributed by atoms with Crippen molar-refractivity contribution < 1.29 is 9.59 Å². The molecule has 5 rings (SSSR count). The number of nitrogen functional groups attached to an aromatic ring is 2. The van der Waals surface area contributed by atoms with Crippen LogP contribution in [-0.4, -0.2) is 57.8 Å². The SMILES string of the molecule is Nc1nc(N)c(C(=O)NC2=NCC3(CCN(C(=O)CCC4=CCc5ccccc54)CC3)N2)nc1Cl. The number of nitrogens with zero attached hydrogens (tertiary/aromatic N) is 4. The number of nitrogens with one attached hydrogen (secondary N) is 2. The number of guanidine groups is 1. The number of aromatic nitrogens is 2. The van der Waals surface area contributed by atoms with Crippen LogP contribution in [0.1, 0.15) is 47.3 Å². The van der Waals surface area contributed by atoms with E-state index in [1.165, 1.54) is 16.7 Å². The quantitative estimate of drug-likeness (QED) is 0.505. The first-order valence-electron chi connectivity index (χ1n) is 11.6. The Kier molecular flexibility index (Phi) is 6.06. The first kappa shape index (κ1) is 23.1. The highest BCUT2D eigenvalue weighted by Crippen LogP contribution is 2.31. The average molecular weight is 495 g/mol. The number of hydrogen-bond acceptors (Lipinski definition) is 8. The number of carbonyl (C=O) groups is 2. The van der Waals surface area contributed by atoms with Crippen molar-refractivity contribution in [3.05, 3.63) is 52.3 Å². The molecule has 6 N–H and O–H groups in total. The third-order valence-electron chi connectivity index (χ3n) is 6.89. The molecule has 1 aromatic heterocycles. The molecule has 0 bridgehead atoms. The fraction of sp³-hybridized carbons (Fsp3) is 0.375. The van der Waals surface area contributed by atoms with Crippen molar-refractivity contribution in [1.82, 2.24) is 25.5 Å². The molecule has 1 aliphatic carbocycles. The van der Waals surface area contributed by atoms with E-state index in [1.807, 2.05) is 11.0 Å². The lowest BCUT2D eigenvalue weighted by Crippen LogP contribution is -2.56. The summed E-state index contributed by atoms with van der Waals surface area (Å²) in [5, 5.41) is 5.91. The van der Waals surface area contributed by atoms with Crippen molar-refractivity contribution in [2.24, 2.45) is 4.99 Å². The van der Waals surface area contributed by atoms with Gasteiger partial charge in [0.25, 0.3) is 5.91 Å². The summed E-state index contributed by atoms with van der Waals surface area (Å²) in [5.41, 5.74) is 14.8. The topological polar surface area (TPSA) is 152 Å². The van der Waals surface area contributed by atoms with Crippen LogP contribution in [0.4, 0.5) is 11.6 Å². The smallest absolute Gasteiger partial charge is 0.280 e. The molecule has 0 saturated carbocycles. The molecule has 2 aliphatic heterocycles. The molecular weight excluding hydrogens is 468 g/mol. The Bertz CT molecular complexity index is 1250. The van der Waals surface area contributed by atoms with Crippen LogP contribution in [0.3, 0.4) is 0 Å². The molecular formula is C24H27ClN8O2. The Morgan fingerprint density at radius 2 is 1.91 bits per heavy atom. The number of amides is 2. The van der Waals surface area contributed by atoms with Gasteiger partial charge < -0.3 is 21.7 Å². The lowest BCUT2D eigenvalue weighted by atomic mass is 9.88. The van der Waals surface area contributed by atoms with Gasteiger partial charge >= 0.3 is 0 Å². The van der Waals surface area contributed by atoms with Crippen LogP contribution in [-0.2, 0) is 11.2 Å². The highest BCUT2D eigenvalue weighted by Gasteiger charge is 2.40. The second-order valence-electron chi connectivity index (χ2n) is 9.13. The van der Waals surface area contributed by atoms with Crippen molar-refractivity contribution in [1.29, 1.82) is 0 Å². The Hall–Kier alpha value is -3.66. The molecule has 1 spiro atoms. The number of fused-ring (bicyclic) bond motifs is 1. The molecule has 0 atom stereocenters. The van der Waals surface area contributed by atoms with Crippen LogP contribution < -0.4 is 22.1 Å². The van der Waals surface area contributed by atoms with Gasteiger partial charge in [-0.25, -0.2) is 9.97 Å². The first-order valence-corrected chi connectivity index (χ1v) is 12.0. The number of anilines is 2. The number of allylic oxidation sites excluding steroid dienone is 2. The first-order chi connectivity index (χ1) is 16.8. The Morgan fingerprint density at radius 1 is 1.14 bits per heavy atom. The average Bonchev–Trinajstić information content (AvgIpc) is 3.44. The van der Waals surface area contributed by atoms with Crippen molar-refractivity contribution in [3.63, 3.8) is 0 Å². The van der Waals surface area contributed by atoms with Crippen LogP contribution in [0, 0.1) is 0 Å². The highest BCUT2D eigenvalue weighted by atomic mass is 35.5. The van der Waals surface area contributed by atoms with E-state index < -0.39 is 5.91 Å². The summed E-state index contributed by atoms with van der Waals surface area (Å²) in [6.07, 6.45) is 5.92. The number of hydrogen-bond donors (Lipinski definition) is 4. The summed E-state index contributed by atoms with van der Waals surface area (Å²) < 4.78 is 0. The van der Waals surface area contributed by atoms with E-state index in [1.54, 1.807) is 0 Å². The monoisotopic (exact) mass is 494 g/mol. The van der Waals surface area contributed by atoms with Gasteiger partial charge in [-0.1, -0.05) is 41.9 Å². The fourth-order valence-corrected chi connectivity index (χ4v) is 4.99. The molecule has 1 aromatic carbocycles. The molecule has 182 valence electrons. The van der Waals surface area contributed by atoms with E-state index in [9.17, 15) is 9.59 Å². The zero-order valence-corrected chi connectivity index (χ0v) is 19.9. The largest absolute Gasteiger partial charge is 0.382 e. The minimum atomic E-state index is -0.574. The lowest BCUT2D eigenvalue weighted by Gasteiger charge is -2.39. The maximum Gasteiger partial charge on any atom is 0.280 e. The van der Waals surface area contributed by atoms with E-state index >= 15 is 0 Å². The number of aliphatic imine (C=N–C) groups is 1. The van der Waals surface area contributed by atoms with Gasteiger partial charge in [0.1, 0.15) is 0 Å². The van der Waals surface area contributed by atoms with Crippen molar-refractivity contribution >= 4 is 46.6 Å². The van der Waals surface area contributed by atoms with E-state index in [2.05, 4.69) is 49.9 Å². The number of rotatable bonds is 4. The predicted octanol–water partition coefficient (Wildman–Crippen LogP) is 1.76. The summed E-state index contributed by atoms with van der Waals surface area (Å²) in [6.45, 7) is 1.80. The van der Waals surface area contributed by atoms with Gasteiger partial charge in [0.15, 0.2) is 28.4 Å². The van der Waals surface area contributed by atoms with E-state index in [-0.39, 0.29) is 33.9 Å². The number of benzene rings is 1. The molecule has 0 radical (unpaired) electrons. The number of piperidine rings is 1. The molecule has 35 heavy (non-hydrogen) atoms. The summed E-state index contributed by atoms with van der Waals surface area (Å²) in [7, 11) is 0. The van der Waals surface area contributed by atoms with E-state index in [4.69, 9.17) is 23.1 Å². The van der Waals surface area contributed by atoms with Gasteiger partial charge in [-0.3, -0.25) is 19.9 Å². The zero-order chi connectivity index (χ0) is 24.6. The van der Waals surface area contributed by atoms with E-state index in [0.29, 0.717) is 32.0 Å². The Morgan fingerprint density at radius 3 is 2.71 bits per heavy atom. The molecule has 1 fully saturated rings. The van der Waals surface area contributed by atoms with Crippen LogP contribution in [0.15, 0.2) is 35.3 Å². The Labute approximate surface area is 207 Å². The number of carbonyl (C=O) groups excluding carboxylic acids is 2. The maximum atomic E-state index is 12.9. The van der Waals surface area contributed by atoms with Gasteiger partial charge in [-0.2, -0.15) is 0 Å². The summed E-state index contributed by atoms with van der Waals surface area (Å²) in [5.74, 6) is -0.207. The third-order valence-corrected chi connectivity index (χ3v) is 7.17. The van der Waals surface area contributed by atoms with Crippen molar-refractivity contribution in [2.75, 3.05) is 31.1 Å². The number of likely N-dealkylation sites (tertiary alicyclic amines) is 1. The standard InChI is InChI=1S/C24H27ClN8O2/c25-19-21(27)30-20(26)18(29-19)22(35)31-23-28-13-24(32-23)9-11-33(12-10-24)17(34)8-7-15-6-5-14-3-1-2-4-16(14)15/h1-4,6H,5,7-13H2,(H4,26,27,30)(H2,28,31,32,35). The number of nitrogens with two attached hydrogens (primary N) is 2. The van der Waals surface area contributed by atoms with Gasteiger partial charge in [0.05, 0.1) is 12.1 Å². The molecule has 2 amide bonds. The molecule has 3 aliphatic rings. The minimum Gasteiger partial charge on any atom is -0.382 e. The summed E-state index contributed by atoms with van der Waals surface area (Å²) >= 11 is 5.87. The van der Waals surface area contributed by atoms with Crippen molar-refractivity contribution in [2.45, 2.75) is 37.6 Å². The summed E-state index contributed by atoms with van der Waals surface area (Å²) in [6, 6.07) is 8.38. The highest BCUT2D eigenvalue weighted by molar-refractivity contribution is 6.31.